The third kappa shape index (κ3) is 5.38. The van der Waals surface area contributed by atoms with Crippen LogP contribution in [0.2, 0.25) is 0 Å². The number of nitrogens with zero attached hydrogens (tertiary/aromatic N) is 1. The molecule has 0 bridgehead atoms. The molecule has 4 aliphatic rings. The van der Waals surface area contributed by atoms with E-state index in [0.717, 1.165) is 79.0 Å². The van der Waals surface area contributed by atoms with E-state index in [1.54, 1.807) is 0 Å². The van der Waals surface area contributed by atoms with Gasteiger partial charge in [0.15, 0.2) is 0 Å². The van der Waals surface area contributed by atoms with Crippen LogP contribution < -0.4 is 14.4 Å². The van der Waals surface area contributed by atoms with Crippen LogP contribution in [-0.4, -0.2) is 0 Å². The molecule has 0 N–H and O–H groups in total. The maximum atomic E-state index is 6.74. The van der Waals surface area contributed by atoms with Crippen LogP contribution in [0.25, 0.3) is 44.5 Å². The highest BCUT2D eigenvalue weighted by molar-refractivity contribution is 6.02. The van der Waals surface area contributed by atoms with Gasteiger partial charge in [-0.05, 0) is 104 Å². The summed E-state index contributed by atoms with van der Waals surface area (Å²) in [5.74, 6) is 3.54. The van der Waals surface area contributed by atoms with Crippen molar-refractivity contribution in [1.29, 1.82) is 0 Å². The molecular weight excluding hydrogens is 863 g/mol. The number of ether oxygens (including phenoxy) is 2. The lowest BCUT2D eigenvalue weighted by atomic mass is 9.66. The van der Waals surface area contributed by atoms with Gasteiger partial charge in [0, 0.05) is 39.1 Å². The summed E-state index contributed by atoms with van der Waals surface area (Å²) in [6.07, 6.45) is 0. The van der Waals surface area contributed by atoms with Gasteiger partial charge >= 0.3 is 0 Å². The number of para-hydroxylation sites is 5. The number of benzene rings is 11. The molecule has 3 heteroatoms. The molecule has 0 saturated heterocycles. The van der Waals surface area contributed by atoms with Crippen molar-refractivity contribution in [2.24, 2.45) is 0 Å². The molecule has 15 rings (SSSR count). The Balaban J connectivity index is 0.997. The third-order valence-electron chi connectivity index (χ3n) is 15.6. The molecule has 0 unspecified atom stereocenters. The van der Waals surface area contributed by atoms with Crippen molar-refractivity contribution < 1.29 is 9.47 Å². The van der Waals surface area contributed by atoms with Gasteiger partial charge in [0.25, 0.3) is 0 Å². The molecule has 2 spiro atoms. The first kappa shape index (κ1) is 39.8. The van der Waals surface area contributed by atoms with E-state index < -0.39 is 10.8 Å². The van der Waals surface area contributed by atoms with E-state index in [2.05, 4.69) is 266 Å². The first-order chi connectivity index (χ1) is 35.2. The van der Waals surface area contributed by atoms with E-state index in [1.165, 1.54) is 50.1 Å². The zero-order valence-corrected chi connectivity index (χ0v) is 38.6. The summed E-state index contributed by atoms with van der Waals surface area (Å²) < 4.78 is 13.4. The SMILES string of the molecule is c1ccc(-c2ccccc2N(c2cccc(-c3cccc4c3-c3ccccc3C43c4ccccc4Oc4ccccc43)c2)c2cccc3c2-c2ccccc2C32c3ccccc3Oc3ccccc32)cc1. The van der Waals surface area contributed by atoms with E-state index in [1.807, 2.05) is 0 Å². The normalized spacial score (nSPS) is 14.1. The summed E-state index contributed by atoms with van der Waals surface area (Å²) in [6.45, 7) is 0. The molecule has 0 amide bonds. The van der Waals surface area contributed by atoms with Crippen LogP contribution in [0.3, 0.4) is 0 Å². The molecule has 0 aromatic heterocycles. The van der Waals surface area contributed by atoms with Gasteiger partial charge in [-0.25, -0.2) is 0 Å². The summed E-state index contributed by atoms with van der Waals surface area (Å²) in [5, 5.41) is 0. The van der Waals surface area contributed by atoms with Crippen molar-refractivity contribution in [2.45, 2.75) is 10.8 Å². The van der Waals surface area contributed by atoms with Gasteiger partial charge in [0.1, 0.15) is 23.0 Å². The molecule has 0 atom stereocenters. The standard InChI is InChI=1S/C68H43NO2/c1-2-21-44(22-3-1)47-25-6-13-37-59(47)69(60-38-20-36-58-66(60)50-27-5-8-30-52(50)68(58)55-33-11-16-41-63(55)71-64-42-17-12-34-56(64)68)46-24-18-23-45(43-46)48-28-19-35-57-65(48)49-26-4-7-29-51(49)67(57)53-31-9-14-39-61(53)70-62-40-15-10-32-54(62)67/h1-43H. The Hall–Kier alpha value is -9.18. The van der Waals surface area contributed by atoms with Gasteiger partial charge in [-0.1, -0.05) is 212 Å². The van der Waals surface area contributed by atoms with E-state index in [4.69, 9.17) is 9.47 Å². The molecule has 3 nitrogen and oxygen atoms in total. The van der Waals surface area contributed by atoms with Gasteiger partial charge in [0.2, 0.25) is 0 Å². The first-order valence-electron chi connectivity index (χ1n) is 24.5. The lowest BCUT2D eigenvalue weighted by Gasteiger charge is -2.39. The van der Waals surface area contributed by atoms with Crippen LogP contribution in [-0.2, 0) is 10.8 Å². The summed E-state index contributed by atoms with van der Waals surface area (Å²) in [4.78, 5) is 2.52. The van der Waals surface area contributed by atoms with Crippen molar-refractivity contribution in [3.63, 3.8) is 0 Å². The second kappa shape index (κ2) is 15.2. The van der Waals surface area contributed by atoms with Crippen molar-refractivity contribution in [3.05, 3.63) is 305 Å². The zero-order chi connectivity index (χ0) is 46.7. The second-order valence-corrected chi connectivity index (χ2v) is 19.0. The minimum Gasteiger partial charge on any atom is -0.457 e. The van der Waals surface area contributed by atoms with Crippen LogP contribution in [0.5, 0.6) is 23.0 Å². The van der Waals surface area contributed by atoms with Crippen molar-refractivity contribution in [3.8, 4) is 67.5 Å². The summed E-state index contributed by atoms with van der Waals surface area (Å²) in [7, 11) is 0. The molecule has 332 valence electrons. The van der Waals surface area contributed by atoms with E-state index in [0.29, 0.717) is 0 Å². The lowest BCUT2D eigenvalue weighted by Crippen LogP contribution is -2.32. The highest BCUT2D eigenvalue weighted by Gasteiger charge is 2.53. The molecule has 71 heavy (non-hydrogen) atoms. The number of fused-ring (bicyclic) bond motifs is 18. The largest absolute Gasteiger partial charge is 0.457 e. The van der Waals surface area contributed by atoms with Gasteiger partial charge in [-0.2, -0.15) is 0 Å². The Kier molecular flexibility index (Phi) is 8.49. The molecule has 0 saturated carbocycles. The zero-order valence-electron chi connectivity index (χ0n) is 38.6. The molecule has 11 aromatic rings. The van der Waals surface area contributed by atoms with Crippen LogP contribution in [0, 0.1) is 0 Å². The summed E-state index contributed by atoms with van der Waals surface area (Å²) >= 11 is 0. The van der Waals surface area contributed by atoms with Gasteiger partial charge in [0.05, 0.1) is 22.2 Å². The Morgan fingerprint density at radius 1 is 0.254 bits per heavy atom. The maximum Gasteiger partial charge on any atom is 0.132 e. The van der Waals surface area contributed by atoms with Gasteiger partial charge in [-0.3, -0.25) is 0 Å². The highest BCUT2D eigenvalue weighted by Crippen LogP contribution is 2.66. The predicted octanol–water partition coefficient (Wildman–Crippen LogP) is 17.4. The maximum absolute atomic E-state index is 6.74. The van der Waals surface area contributed by atoms with E-state index >= 15 is 0 Å². The van der Waals surface area contributed by atoms with Crippen molar-refractivity contribution in [2.75, 3.05) is 4.90 Å². The molecule has 2 aliphatic heterocycles. The highest BCUT2D eigenvalue weighted by atomic mass is 16.5. The smallest absolute Gasteiger partial charge is 0.132 e. The van der Waals surface area contributed by atoms with Crippen molar-refractivity contribution >= 4 is 17.1 Å². The molecular formula is C68H43NO2. The topological polar surface area (TPSA) is 21.7 Å². The predicted molar refractivity (Wildman–Crippen MR) is 287 cm³/mol. The van der Waals surface area contributed by atoms with Crippen LogP contribution in [0.1, 0.15) is 44.5 Å². The second-order valence-electron chi connectivity index (χ2n) is 19.0. The monoisotopic (exact) mass is 905 g/mol. The first-order valence-corrected chi connectivity index (χ1v) is 24.5. The molecule has 2 aliphatic carbocycles. The summed E-state index contributed by atoms with van der Waals surface area (Å²) in [6, 6.07) is 95.1. The summed E-state index contributed by atoms with van der Waals surface area (Å²) in [5.41, 5.74) is 21.2. The number of anilines is 3. The molecule has 0 radical (unpaired) electrons. The van der Waals surface area contributed by atoms with E-state index in [-0.39, 0.29) is 0 Å². The minimum atomic E-state index is -0.616. The Labute approximate surface area is 413 Å². The number of rotatable bonds is 5. The Morgan fingerprint density at radius 3 is 1.21 bits per heavy atom. The molecule has 0 fully saturated rings. The lowest BCUT2D eigenvalue weighted by molar-refractivity contribution is 0.436. The van der Waals surface area contributed by atoms with Crippen LogP contribution in [0.15, 0.2) is 261 Å². The number of hydrogen-bond donors (Lipinski definition) is 0. The Bertz CT molecular complexity index is 3890. The van der Waals surface area contributed by atoms with Crippen molar-refractivity contribution in [1.82, 2.24) is 0 Å². The van der Waals surface area contributed by atoms with Crippen LogP contribution >= 0.6 is 0 Å². The fourth-order valence-electron chi connectivity index (χ4n) is 13.0. The van der Waals surface area contributed by atoms with Crippen LogP contribution in [0.4, 0.5) is 17.1 Å². The average molecular weight is 906 g/mol. The number of hydrogen-bond acceptors (Lipinski definition) is 3. The average Bonchev–Trinajstić information content (AvgIpc) is 3.91. The van der Waals surface area contributed by atoms with E-state index in [9.17, 15) is 0 Å². The molecule has 11 aromatic carbocycles. The third-order valence-corrected chi connectivity index (χ3v) is 15.6. The Morgan fingerprint density at radius 2 is 0.634 bits per heavy atom. The minimum absolute atomic E-state index is 0.568. The fraction of sp³-hybridized carbons (Fsp3) is 0.0294. The fourth-order valence-corrected chi connectivity index (χ4v) is 13.0. The van der Waals surface area contributed by atoms with Gasteiger partial charge < -0.3 is 14.4 Å². The van der Waals surface area contributed by atoms with Gasteiger partial charge in [-0.15, -0.1) is 0 Å². The molecule has 2 heterocycles. The quantitative estimate of drug-likeness (QED) is 0.172.